The zero-order valence-corrected chi connectivity index (χ0v) is 7.38. The molecule has 1 aromatic heterocycles. The standard InChI is InChI=1S/C10H14N2/c1-3-4-5-9-6-8(2)7-10(11)12-9/h3,6-7H,1,4-5H2,2H3,(H2,11,12). The van der Waals surface area contributed by atoms with Gasteiger partial charge in [0.15, 0.2) is 0 Å². The Morgan fingerprint density at radius 2 is 2.33 bits per heavy atom. The van der Waals surface area contributed by atoms with Crippen LogP contribution in [0, 0.1) is 6.92 Å². The van der Waals surface area contributed by atoms with E-state index >= 15 is 0 Å². The van der Waals surface area contributed by atoms with Crippen LogP contribution in [0.5, 0.6) is 0 Å². The molecule has 12 heavy (non-hydrogen) atoms. The van der Waals surface area contributed by atoms with Gasteiger partial charge in [-0.3, -0.25) is 0 Å². The van der Waals surface area contributed by atoms with Crippen LogP contribution >= 0.6 is 0 Å². The van der Waals surface area contributed by atoms with Gasteiger partial charge in [0, 0.05) is 5.69 Å². The van der Waals surface area contributed by atoms with Crippen LogP contribution in [-0.2, 0) is 6.42 Å². The van der Waals surface area contributed by atoms with E-state index in [1.165, 1.54) is 5.56 Å². The number of aryl methyl sites for hydroxylation is 2. The Bertz CT molecular complexity index is 259. The summed E-state index contributed by atoms with van der Waals surface area (Å²) in [5, 5.41) is 0. The summed E-state index contributed by atoms with van der Waals surface area (Å²) in [5.41, 5.74) is 7.81. The Kier molecular flexibility index (Phi) is 2.86. The summed E-state index contributed by atoms with van der Waals surface area (Å²) in [5.74, 6) is 0.606. The van der Waals surface area contributed by atoms with Crippen molar-refractivity contribution in [2.45, 2.75) is 19.8 Å². The van der Waals surface area contributed by atoms with Crippen molar-refractivity contribution in [2.75, 3.05) is 5.73 Å². The number of rotatable bonds is 3. The third-order valence-corrected chi connectivity index (χ3v) is 1.65. The zero-order chi connectivity index (χ0) is 8.97. The number of hydrogen-bond acceptors (Lipinski definition) is 2. The largest absolute Gasteiger partial charge is 0.384 e. The van der Waals surface area contributed by atoms with Gasteiger partial charge in [0.25, 0.3) is 0 Å². The maximum absolute atomic E-state index is 5.59. The summed E-state index contributed by atoms with van der Waals surface area (Å²) >= 11 is 0. The minimum Gasteiger partial charge on any atom is -0.384 e. The van der Waals surface area contributed by atoms with Crippen molar-refractivity contribution in [3.8, 4) is 0 Å². The van der Waals surface area contributed by atoms with Crippen molar-refractivity contribution in [2.24, 2.45) is 0 Å². The van der Waals surface area contributed by atoms with Gasteiger partial charge in [-0.05, 0) is 37.5 Å². The monoisotopic (exact) mass is 162 g/mol. The first-order chi connectivity index (χ1) is 5.72. The van der Waals surface area contributed by atoms with E-state index < -0.39 is 0 Å². The fraction of sp³-hybridized carbons (Fsp3) is 0.300. The lowest BCUT2D eigenvalue weighted by Gasteiger charge is -2.01. The molecule has 0 bridgehead atoms. The van der Waals surface area contributed by atoms with Crippen LogP contribution in [-0.4, -0.2) is 4.98 Å². The molecule has 0 aliphatic carbocycles. The summed E-state index contributed by atoms with van der Waals surface area (Å²) in [6.45, 7) is 5.68. The molecule has 0 unspecified atom stereocenters. The Labute approximate surface area is 73.1 Å². The van der Waals surface area contributed by atoms with Crippen molar-refractivity contribution in [3.05, 3.63) is 36.0 Å². The number of aromatic nitrogens is 1. The molecule has 0 saturated heterocycles. The smallest absolute Gasteiger partial charge is 0.123 e. The molecule has 0 spiro atoms. The number of hydrogen-bond donors (Lipinski definition) is 1. The van der Waals surface area contributed by atoms with Gasteiger partial charge in [-0.1, -0.05) is 6.08 Å². The van der Waals surface area contributed by atoms with E-state index in [1.54, 1.807) is 0 Å². The summed E-state index contributed by atoms with van der Waals surface area (Å²) < 4.78 is 0. The second kappa shape index (κ2) is 3.90. The molecule has 1 rings (SSSR count). The highest BCUT2D eigenvalue weighted by Gasteiger charge is 1.95. The zero-order valence-electron chi connectivity index (χ0n) is 7.38. The third-order valence-electron chi connectivity index (χ3n) is 1.65. The quantitative estimate of drug-likeness (QED) is 0.691. The number of anilines is 1. The molecule has 64 valence electrons. The van der Waals surface area contributed by atoms with Gasteiger partial charge in [0.2, 0.25) is 0 Å². The lowest BCUT2D eigenvalue weighted by molar-refractivity contribution is 0.945. The van der Waals surface area contributed by atoms with Crippen LogP contribution in [0.25, 0.3) is 0 Å². The summed E-state index contributed by atoms with van der Waals surface area (Å²) in [6.07, 6.45) is 3.77. The summed E-state index contributed by atoms with van der Waals surface area (Å²) in [6, 6.07) is 3.93. The lowest BCUT2D eigenvalue weighted by atomic mass is 10.2. The van der Waals surface area contributed by atoms with Gasteiger partial charge in [-0.25, -0.2) is 4.98 Å². The van der Waals surface area contributed by atoms with Gasteiger partial charge in [-0.15, -0.1) is 6.58 Å². The van der Waals surface area contributed by atoms with Crippen molar-refractivity contribution >= 4 is 5.82 Å². The Morgan fingerprint density at radius 3 is 2.92 bits per heavy atom. The van der Waals surface area contributed by atoms with E-state index in [1.807, 2.05) is 19.1 Å². The number of allylic oxidation sites excluding steroid dienone is 1. The van der Waals surface area contributed by atoms with Crippen LogP contribution in [0.15, 0.2) is 24.8 Å². The van der Waals surface area contributed by atoms with Crippen LogP contribution in [0.3, 0.4) is 0 Å². The molecular formula is C10H14N2. The molecule has 0 aliphatic heterocycles. The number of nitrogens with zero attached hydrogens (tertiary/aromatic N) is 1. The molecule has 0 aliphatic rings. The van der Waals surface area contributed by atoms with Crippen LogP contribution < -0.4 is 5.73 Å². The predicted octanol–water partition coefficient (Wildman–Crippen LogP) is 2.09. The van der Waals surface area contributed by atoms with E-state index in [0.29, 0.717) is 5.82 Å². The lowest BCUT2D eigenvalue weighted by Crippen LogP contribution is -1.96. The van der Waals surface area contributed by atoms with Gasteiger partial charge < -0.3 is 5.73 Å². The molecular weight excluding hydrogens is 148 g/mol. The molecule has 0 atom stereocenters. The first-order valence-corrected chi connectivity index (χ1v) is 4.06. The highest BCUT2D eigenvalue weighted by atomic mass is 14.8. The van der Waals surface area contributed by atoms with E-state index in [2.05, 4.69) is 17.6 Å². The number of nitrogens with two attached hydrogens (primary N) is 1. The van der Waals surface area contributed by atoms with Crippen molar-refractivity contribution < 1.29 is 0 Å². The molecule has 0 fully saturated rings. The fourth-order valence-corrected chi connectivity index (χ4v) is 1.15. The highest BCUT2D eigenvalue weighted by Crippen LogP contribution is 2.08. The number of nitrogen functional groups attached to an aromatic ring is 1. The normalized spacial score (nSPS) is 9.75. The Balaban J connectivity index is 2.78. The molecule has 0 aromatic carbocycles. The average Bonchev–Trinajstić information content (AvgIpc) is 1.99. The first-order valence-electron chi connectivity index (χ1n) is 4.06. The van der Waals surface area contributed by atoms with E-state index in [0.717, 1.165) is 18.5 Å². The van der Waals surface area contributed by atoms with Crippen LogP contribution in [0.1, 0.15) is 17.7 Å². The Hall–Kier alpha value is -1.31. The van der Waals surface area contributed by atoms with Crippen molar-refractivity contribution in [1.82, 2.24) is 4.98 Å². The second-order valence-electron chi connectivity index (χ2n) is 2.89. The van der Waals surface area contributed by atoms with Gasteiger partial charge >= 0.3 is 0 Å². The van der Waals surface area contributed by atoms with Crippen LogP contribution in [0.4, 0.5) is 5.82 Å². The highest BCUT2D eigenvalue weighted by molar-refractivity contribution is 5.34. The van der Waals surface area contributed by atoms with Gasteiger partial charge in [0.05, 0.1) is 0 Å². The molecule has 0 radical (unpaired) electrons. The molecule has 2 nitrogen and oxygen atoms in total. The summed E-state index contributed by atoms with van der Waals surface area (Å²) in [7, 11) is 0. The molecule has 2 heteroatoms. The van der Waals surface area contributed by atoms with Crippen LogP contribution in [0.2, 0.25) is 0 Å². The minimum absolute atomic E-state index is 0.606. The topological polar surface area (TPSA) is 38.9 Å². The van der Waals surface area contributed by atoms with E-state index in [4.69, 9.17) is 5.73 Å². The SMILES string of the molecule is C=CCCc1cc(C)cc(N)n1. The third kappa shape index (κ3) is 2.38. The maximum atomic E-state index is 5.59. The van der Waals surface area contributed by atoms with Gasteiger partial charge in [0.1, 0.15) is 5.82 Å². The predicted molar refractivity (Wildman–Crippen MR) is 51.9 cm³/mol. The van der Waals surface area contributed by atoms with Crippen molar-refractivity contribution in [1.29, 1.82) is 0 Å². The van der Waals surface area contributed by atoms with Crippen molar-refractivity contribution in [3.63, 3.8) is 0 Å². The van der Waals surface area contributed by atoms with Gasteiger partial charge in [-0.2, -0.15) is 0 Å². The second-order valence-corrected chi connectivity index (χ2v) is 2.89. The van der Waals surface area contributed by atoms with E-state index in [-0.39, 0.29) is 0 Å². The Morgan fingerprint density at radius 1 is 1.58 bits per heavy atom. The first kappa shape index (κ1) is 8.78. The molecule has 2 N–H and O–H groups in total. The fourth-order valence-electron chi connectivity index (χ4n) is 1.15. The molecule has 1 heterocycles. The average molecular weight is 162 g/mol. The maximum Gasteiger partial charge on any atom is 0.123 e. The minimum atomic E-state index is 0.606. The molecule has 0 amide bonds. The molecule has 1 aromatic rings. The molecule has 0 saturated carbocycles. The number of pyridine rings is 1. The summed E-state index contributed by atoms with van der Waals surface area (Å²) in [4.78, 5) is 4.20. The van der Waals surface area contributed by atoms with E-state index in [9.17, 15) is 0 Å².